The fourth-order valence-electron chi connectivity index (χ4n) is 5.17. The second-order valence-corrected chi connectivity index (χ2v) is 10.1. The van der Waals surface area contributed by atoms with Crippen LogP contribution in [0, 0.1) is 0 Å². The Balaban J connectivity index is 1.52. The molecule has 3 heterocycles. The van der Waals surface area contributed by atoms with Crippen LogP contribution >= 0.6 is 0 Å². The molecule has 10 atom stereocenters. The highest BCUT2D eigenvalue weighted by Gasteiger charge is 2.51. The number of ether oxygens (including phenoxy) is 3. The van der Waals surface area contributed by atoms with Crippen LogP contribution in [0.4, 0.5) is 0 Å². The fraction of sp³-hybridized carbons (Fsp3) is 0.444. The first-order chi connectivity index (χ1) is 20.0. The van der Waals surface area contributed by atoms with Crippen molar-refractivity contribution in [1.29, 1.82) is 0 Å². The smallest absolute Gasteiger partial charge is 0.197 e. The first-order valence-corrected chi connectivity index (χ1v) is 12.9. The fourth-order valence-corrected chi connectivity index (χ4v) is 5.17. The van der Waals surface area contributed by atoms with Gasteiger partial charge in [-0.1, -0.05) is 0 Å². The van der Waals surface area contributed by atoms with Crippen LogP contribution in [0.1, 0.15) is 11.7 Å². The summed E-state index contributed by atoms with van der Waals surface area (Å²) >= 11 is 0. The molecule has 15 heteroatoms. The van der Waals surface area contributed by atoms with Crippen LogP contribution in [-0.2, 0) is 14.2 Å². The van der Waals surface area contributed by atoms with Gasteiger partial charge < -0.3 is 69.7 Å². The SMILES string of the molecule is O=c1cc(-c2ccc(O)cc2)oc2cc(O)c(C3OC(CO)C(O)C(OC4OC(CO)C(O)C(O)C4O)C3O)c(O)c12. The summed E-state index contributed by atoms with van der Waals surface area (Å²) in [5.41, 5.74) is -1.07. The summed E-state index contributed by atoms with van der Waals surface area (Å²) in [7, 11) is 0. The summed E-state index contributed by atoms with van der Waals surface area (Å²) in [6.07, 6.45) is -17.3. The zero-order chi connectivity index (χ0) is 30.5. The van der Waals surface area contributed by atoms with Crippen molar-refractivity contribution in [3.63, 3.8) is 0 Å². The van der Waals surface area contributed by atoms with Gasteiger partial charge in [0.25, 0.3) is 0 Å². The number of phenols is 3. The lowest BCUT2D eigenvalue weighted by Crippen LogP contribution is -2.63. The number of hydrogen-bond acceptors (Lipinski definition) is 15. The molecule has 10 N–H and O–H groups in total. The van der Waals surface area contributed by atoms with Crippen molar-refractivity contribution in [2.45, 2.75) is 61.2 Å². The van der Waals surface area contributed by atoms with Crippen LogP contribution in [-0.4, -0.2) is 119 Å². The normalized spacial score (nSPS) is 33.6. The van der Waals surface area contributed by atoms with Gasteiger partial charge in [0, 0.05) is 17.7 Å². The van der Waals surface area contributed by atoms with Crippen molar-refractivity contribution in [3.05, 3.63) is 52.2 Å². The van der Waals surface area contributed by atoms with E-state index < -0.39 is 96.9 Å². The molecule has 0 saturated carbocycles. The molecule has 15 nitrogen and oxygen atoms in total. The van der Waals surface area contributed by atoms with Crippen molar-refractivity contribution in [2.24, 2.45) is 0 Å². The zero-order valence-electron chi connectivity index (χ0n) is 21.7. The van der Waals surface area contributed by atoms with Gasteiger partial charge in [-0.05, 0) is 24.3 Å². The van der Waals surface area contributed by atoms with Gasteiger partial charge >= 0.3 is 0 Å². The number of fused-ring (bicyclic) bond motifs is 1. The minimum absolute atomic E-state index is 0.0204. The van der Waals surface area contributed by atoms with E-state index in [1.165, 1.54) is 24.3 Å². The molecule has 0 aliphatic carbocycles. The molecule has 0 amide bonds. The number of aliphatic hydroxyl groups excluding tert-OH is 7. The first-order valence-electron chi connectivity index (χ1n) is 12.9. The topological polar surface area (TPSA) is 260 Å². The predicted octanol–water partition coefficient (Wildman–Crippen LogP) is -2.08. The third kappa shape index (κ3) is 5.20. The van der Waals surface area contributed by atoms with E-state index in [0.29, 0.717) is 5.56 Å². The molecule has 2 fully saturated rings. The number of benzene rings is 2. The van der Waals surface area contributed by atoms with Gasteiger partial charge in [0.05, 0.1) is 18.8 Å². The van der Waals surface area contributed by atoms with Crippen molar-refractivity contribution in [3.8, 4) is 28.6 Å². The lowest BCUT2D eigenvalue weighted by molar-refractivity contribution is -0.342. The van der Waals surface area contributed by atoms with E-state index in [1.807, 2.05) is 0 Å². The number of rotatable bonds is 6. The van der Waals surface area contributed by atoms with E-state index in [4.69, 9.17) is 18.6 Å². The molecule has 0 radical (unpaired) electrons. The second kappa shape index (κ2) is 11.7. The molecule has 0 spiro atoms. The Kier molecular flexibility index (Phi) is 8.41. The Morgan fingerprint density at radius 2 is 1.40 bits per heavy atom. The number of phenolic OH excluding ortho intramolecular Hbond substituents is 3. The standard InChI is InChI=1S/C27H30O15/c28-7-15-19(33)22(36)23(37)27(41-15)42-26-20(34)16(8-29)40-25(24(26)38)18-12(32)6-14-17(21(18)35)11(31)5-13(39-14)9-1-3-10(30)4-2-9/h1-6,15-16,19-20,22-30,32-38H,7-8H2. The lowest BCUT2D eigenvalue weighted by atomic mass is 9.89. The third-order valence-electron chi connectivity index (χ3n) is 7.45. The maximum absolute atomic E-state index is 13.1. The van der Waals surface area contributed by atoms with Gasteiger partial charge in [0.15, 0.2) is 11.7 Å². The van der Waals surface area contributed by atoms with Gasteiger partial charge in [0.2, 0.25) is 0 Å². The summed E-state index contributed by atoms with van der Waals surface area (Å²) in [5, 5.41) is 103. The lowest BCUT2D eigenvalue weighted by Gasteiger charge is -2.46. The van der Waals surface area contributed by atoms with Gasteiger partial charge in [-0.2, -0.15) is 0 Å². The molecule has 2 aliphatic rings. The molecule has 2 aromatic carbocycles. The highest BCUT2D eigenvalue weighted by molar-refractivity contribution is 5.88. The Hall–Kier alpha value is -3.35. The quantitative estimate of drug-likeness (QED) is 0.147. The van der Waals surface area contributed by atoms with Crippen LogP contribution in [0.5, 0.6) is 17.2 Å². The Morgan fingerprint density at radius 3 is 2.05 bits per heavy atom. The van der Waals surface area contributed by atoms with E-state index >= 15 is 0 Å². The molecule has 2 saturated heterocycles. The average Bonchev–Trinajstić information content (AvgIpc) is 2.96. The highest BCUT2D eigenvalue weighted by atomic mass is 16.7. The maximum Gasteiger partial charge on any atom is 0.197 e. The van der Waals surface area contributed by atoms with Gasteiger partial charge in [-0.3, -0.25) is 4.79 Å². The molecule has 10 unspecified atom stereocenters. The first kappa shape index (κ1) is 30.1. The summed E-state index contributed by atoms with van der Waals surface area (Å²) in [6.45, 7) is -1.62. The summed E-state index contributed by atoms with van der Waals surface area (Å²) < 4.78 is 22.2. The maximum atomic E-state index is 13.1. The zero-order valence-corrected chi connectivity index (χ0v) is 21.7. The van der Waals surface area contributed by atoms with Gasteiger partial charge in [0.1, 0.15) is 88.9 Å². The van der Waals surface area contributed by atoms with Crippen LogP contribution in [0.15, 0.2) is 45.6 Å². The van der Waals surface area contributed by atoms with Crippen molar-refractivity contribution in [2.75, 3.05) is 13.2 Å². The third-order valence-corrected chi connectivity index (χ3v) is 7.45. The summed E-state index contributed by atoms with van der Waals surface area (Å²) in [6, 6.07) is 7.77. The predicted molar refractivity (Wildman–Crippen MR) is 138 cm³/mol. The van der Waals surface area contributed by atoms with Crippen LogP contribution in [0.25, 0.3) is 22.3 Å². The number of aromatic hydroxyl groups is 3. The van der Waals surface area contributed by atoms with E-state index in [2.05, 4.69) is 0 Å². The van der Waals surface area contributed by atoms with Crippen LogP contribution in [0.3, 0.4) is 0 Å². The van der Waals surface area contributed by atoms with Crippen molar-refractivity contribution >= 4 is 11.0 Å². The molecule has 2 aliphatic heterocycles. The molecule has 3 aromatic rings. The number of hydrogen-bond donors (Lipinski definition) is 10. The Labute approximate surface area is 236 Å². The average molecular weight is 595 g/mol. The molecule has 228 valence electrons. The molecule has 0 bridgehead atoms. The van der Waals surface area contributed by atoms with E-state index in [1.54, 1.807) is 0 Å². The highest BCUT2D eigenvalue weighted by Crippen LogP contribution is 2.45. The molecular weight excluding hydrogens is 564 g/mol. The Bertz CT molecular complexity index is 1470. The van der Waals surface area contributed by atoms with E-state index in [9.17, 15) is 55.9 Å². The minimum Gasteiger partial charge on any atom is -0.508 e. The van der Waals surface area contributed by atoms with Crippen LogP contribution < -0.4 is 5.43 Å². The molecule has 5 rings (SSSR count). The summed E-state index contributed by atoms with van der Waals surface area (Å²) in [5.74, 6) is -1.49. The van der Waals surface area contributed by atoms with Crippen molar-refractivity contribution in [1.82, 2.24) is 0 Å². The van der Waals surface area contributed by atoms with E-state index in [0.717, 1.165) is 12.1 Å². The molecule has 42 heavy (non-hydrogen) atoms. The van der Waals surface area contributed by atoms with Gasteiger partial charge in [-0.15, -0.1) is 0 Å². The largest absolute Gasteiger partial charge is 0.508 e. The van der Waals surface area contributed by atoms with E-state index in [-0.39, 0.29) is 22.5 Å². The minimum atomic E-state index is -1.95. The molecular formula is C27H30O15. The van der Waals surface area contributed by atoms with Gasteiger partial charge in [-0.25, -0.2) is 0 Å². The molecule has 1 aromatic heterocycles. The summed E-state index contributed by atoms with van der Waals surface area (Å²) in [4.78, 5) is 13.1. The Morgan fingerprint density at radius 1 is 0.762 bits per heavy atom. The second-order valence-electron chi connectivity index (χ2n) is 10.1. The van der Waals surface area contributed by atoms with Crippen LogP contribution in [0.2, 0.25) is 0 Å². The number of aliphatic hydroxyl groups is 7. The van der Waals surface area contributed by atoms with Crippen molar-refractivity contribution < 1.29 is 69.7 Å². The monoisotopic (exact) mass is 594 g/mol.